The number of rotatable bonds is 5. The van der Waals surface area contributed by atoms with Gasteiger partial charge < -0.3 is 24.4 Å². The zero-order valence-electron chi connectivity index (χ0n) is 15.9. The van der Waals surface area contributed by atoms with Crippen molar-refractivity contribution in [1.29, 1.82) is 0 Å². The van der Waals surface area contributed by atoms with Crippen molar-refractivity contribution in [2.45, 2.75) is 13.0 Å². The van der Waals surface area contributed by atoms with Crippen molar-refractivity contribution in [3.8, 4) is 0 Å². The summed E-state index contributed by atoms with van der Waals surface area (Å²) in [6.45, 7) is 4.33. The maximum atomic E-state index is 14.8. The third kappa shape index (κ3) is 4.08. The topological polar surface area (TPSA) is 104 Å². The molecule has 1 aromatic heterocycles. The molecule has 1 atom stereocenters. The minimum Gasteiger partial charge on any atom is -0.442 e. The van der Waals surface area contributed by atoms with E-state index in [1.165, 1.54) is 24.2 Å². The van der Waals surface area contributed by atoms with Gasteiger partial charge in [-0.2, -0.15) is 4.98 Å². The van der Waals surface area contributed by atoms with Crippen LogP contribution in [0.3, 0.4) is 0 Å². The van der Waals surface area contributed by atoms with Gasteiger partial charge in [0.15, 0.2) is 6.33 Å². The molecule has 3 heterocycles. The number of amides is 2. The molecule has 0 spiro atoms. The number of aromatic nitrogens is 2. The maximum absolute atomic E-state index is 14.8. The van der Waals surface area contributed by atoms with Crippen molar-refractivity contribution in [3.63, 3.8) is 0 Å². The van der Waals surface area contributed by atoms with Crippen molar-refractivity contribution in [1.82, 2.24) is 15.5 Å². The van der Waals surface area contributed by atoms with Crippen molar-refractivity contribution in [2.24, 2.45) is 0 Å². The van der Waals surface area contributed by atoms with Gasteiger partial charge in [-0.3, -0.25) is 9.69 Å². The number of anilines is 3. The van der Waals surface area contributed by atoms with Gasteiger partial charge in [-0.25, -0.2) is 9.18 Å². The van der Waals surface area contributed by atoms with E-state index in [1.54, 1.807) is 12.1 Å². The molecule has 29 heavy (non-hydrogen) atoms. The van der Waals surface area contributed by atoms with Gasteiger partial charge in [0.05, 0.1) is 24.5 Å². The standard InChI is InChI=1S/C18H21FN6O4/c1-12(26)20-9-14-10-25(18(27)28-14)13-2-3-16(15(19)8-13)23-4-6-24(7-5-23)17-21-11-22-29-17/h2-3,8,11,14H,4-7,9-10H2,1H3,(H,20,26)/t14-/m0/s1. The van der Waals surface area contributed by atoms with Crippen LogP contribution in [0.5, 0.6) is 0 Å². The van der Waals surface area contributed by atoms with Crippen LogP contribution in [0.4, 0.5) is 26.6 Å². The number of benzene rings is 1. The number of nitrogens with one attached hydrogen (secondary N) is 1. The van der Waals surface area contributed by atoms with E-state index in [1.807, 2.05) is 9.80 Å². The van der Waals surface area contributed by atoms with Crippen molar-refractivity contribution in [2.75, 3.05) is 54.0 Å². The second kappa shape index (κ2) is 7.94. The van der Waals surface area contributed by atoms with E-state index in [0.717, 1.165) is 0 Å². The Morgan fingerprint density at radius 1 is 1.28 bits per heavy atom. The Kier molecular flexibility index (Phi) is 5.19. The highest BCUT2D eigenvalue weighted by Gasteiger charge is 2.33. The third-order valence-electron chi connectivity index (χ3n) is 4.94. The van der Waals surface area contributed by atoms with Crippen LogP contribution in [-0.2, 0) is 9.53 Å². The van der Waals surface area contributed by atoms with E-state index in [-0.39, 0.29) is 19.0 Å². The molecule has 2 fully saturated rings. The Hall–Kier alpha value is -3.37. The smallest absolute Gasteiger partial charge is 0.414 e. The van der Waals surface area contributed by atoms with Crippen molar-refractivity contribution >= 4 is 29.4 Å². The lowest BCUT2D eigenvalue weighted by Gasteiger charge is -2.35. The largest absolute Gasteiger partial charge is 0.442 e. The summed E-state index contributed by atoms with van der Waals surface area (Å²) in [5.74, 6) is -0.610. The predicted molar refractivity (Wildman–Crippen MR) is 101 cm³/mol. The number of hydrogen-bond donors (Lipinski definition) is 1. The zero-order valence-corrected chi connectivity index (χ0v) is 15.9. The lowest BCUT2D eigenvalue weighted by Crippen LogP contribution is -2.47. The van der Waals surface area contributed by atoms with Crippen molar-refractivity contribution in [3.05, 3.63) is 30.3 Å². The molecule has 0 saturated carbocycles. The first kappa shape index (κ1) is 19.0. The fourth-order valence-electron chi connectivity index (χ4n) is 3.46. The van der Waals surface area contributed by atoms with Crippen LogP contribution in [0.15, 0.2) is 29.0 Å². The van der Waals surface area contributed by atoms with E-state index < -0.39 is 18.0 Å². The second-order valence-electron chi connectivity index (χ2n) is 6.89. The SMILES string of the molecule is CC(=O)NC[C@H]1CN(c2ccc(N3CCN(c4ncno4)CC3)c(F)c2)C(=O)O1. The molecular formula is C18H21FN6O4. The zero-order chi connectivity index (χ0) is 20.4. The number of carbonyl (C=O) groups is 2. The third-order valence-corrected chi connectivity index (χ3v) is 4.94. The summed E-state index contributed by atoms with van der Waals surface area (Å²) in [6.07, 6.45) is 0.331. The number of carbonyl (C=O) groups excluding carboxylic acids is 2. The number of ether oxygens (including phenoxy) is 1. The van der Waals surface area contributed by atoms with Gasteiger partial charge >= 0.3 is 12.1 Å². The summed E-state index contributed by atoms with van der Waals surface area (Å²) in [6, 6.07) is 5.16. The Balaban J connectivity index is 1.39. The van der Waals surface area contributed by atoms with Gasteiger partial charge in [0.25, 0.3) is 0 Å². The average Bonchev–Trinajstić information content (AvgIpc) is 3.36. The van der Waals surface area contributed by atoms with E-state index in [0.29, 0.717) is 43.6 Å². The second-order valence-corrected chi connectivity index (χ2v) is 6.89. The van der Waals surface area contributed by atoms with Crippen LogP contribution in [0.1, 0.15) is 6.92 Å². The summed E-state index contributed by atoms with van der Waals surface area (Å²) < 4.78 is 25.1. The Bertz CT molecular complexity index is 884. The van der Waals surface area contributed by atoms with Crippen LogP contribution in [-0.4, -0.2) is 67.5 Å². The molecule has 10 nitrogen and oxygen atoms in total. The number of hydrogen-bond acceptors (Lipinski definition) is 8. The molecule has 0 unspecified atom stereocenters. The molecule has 2 amide bonds. The van der Waals surface area contributed by atoms with Gasteiger partial charge in [0.2, 0.25) is 5.91 Å². The van der Waals surface area contributed by atoms with Gasteiger partial charge in [-0.1, -0.05) is 5.16 Å². The summed E-state index contributed by atoms with van der Waals surface area (Å²) in [5, 5.41) is 6.22. The number of nitrogens with zero attached hydrogens (tertiary/aromatic N) is 5. The molecular weight excluding hydrogens is 383 g/mol. The van der Waals surface area contributed by atoms with E-state index in [9.17, 15) is 14.0 Å². The molecule has 1 aromatic carbocycles. The monoisotopic (exact) mass is 404 g/mol. The highest BCUT2D eigenvalue weighted by atomic mass is 19.1. The summed E-state index contributed by atoms with van der Waals surface area (Å²) in [5.41, 5.74) is 0.896. The molecule has 154 valence electrons. The van der Waals surface area contributed by atoms with Gasteiger partial charge in [0, 0.05) is 33.1 Å². The molecule has 1 N–H and O–H groups in total. The van der Waals surface area contributed by atoms with Crippen LogP contribution in [0.2, 0.25) is 0 Å². The molecule has 0 radical (unpaired) electrons. The maximum Gasteiger partial charge on any atom is 0.414 e. The molecule has 2 aliphatic rings. The fraction of sp³-hybridized carbons (Fsp3) is 0.444. The van der Waals surface area contributed by atoms with E-state index in [4.69, 9.17) is 9.26 Å². The summed E-state index contributed by atoms with van der Waals surface area (Å²) in [7, 11) is 0. The highest BCUT2D eigenvalue weighted by molar-refractivity contribution is 5.90. The average molecular weight is 404 g/mol. The van der Waals surface area contributed by atoms with Gasteiger partial charge in [-0.15, -0.1) is 0 Å². The Morgan fingerprint density at radius 3 is 2.69 bits per heavy atom. The first-order chi connectivity index (χ1) is 14.0. The normalized spacial score (nSPS) is 19.4. The lowest BCUT2D eigenvalue weighted by molar-refractivity contribution is -0.119. The summed E-state index contributed by atoms with van der Waals surface area (Å²) >= 11 is 0. The van der Waals surface area contributed by atoms with Gasteiger partial charge in [0.1, 0.15) is 11.9 Å². The quantitative estimate of drug-likeness (QED) is 0.787. The van der Waals surface area contributed by atoms with E-state index >= 15 is 0 Å². The molecule has 4 rings (SSSR count). The van der Waals surface area contributed by atoms with Crippen LogP contribution in [0, 0.1) is 5.82 Å². The number of halogens is 1. The van der Waals surface area contributed by atoms with Crippen LogP contribution < -0.4 is 20.0 Å². The minimum atomic E-state index is -0.555. The van der Waals surface area contributed by atoms with Gasteiger partial charge in [-0.05, 0) is 18.2 Å². The van der Waals surface area contributed by atoms with E-state index in [2.05, 4.69) is 15.5 Å². The number of cyclic esters (lactones) is 1. The molecule has 0 aliphatic carbocycles. The summed E-state index contributed by atoms with van der Waals surface area (Å²) in [4.78, 5) is 32.4. The first-order valence-electron chi connectivity index (χ1n) is 9.30. The molecule has 11 heteroatoms. The number of piperazine rings is 1. The molecule has 0 bridgehead atoms. The molecule has 2 aromatic rings. The fourth-order valence-corrected chi connectivity index (χ4v) is 3.46. The lowest BCUT2D eigenvalue weighted by atomic mass is 10.2. The van der Waals surface area contributed by atoms with Crippen LogP contribution in [0.25, 0.3) is 0 Å². The molecule has 2 saturated heterocycles. The van der Waals surface area contributed by atoms with Crippen molar-refractivity contribution < 1.29 is 23.2 Å². The first-order valence-corrected chi connectivity index (χ1v) is 9.30. The Labute approximate surface area is 166 Å². The Morgan fingerprint density at radius 2 is 2.03 bits per heavy atom. The molecule has 2 aliphatic heterocycles. The predicted octanol–water partition coefficient (Wildman–Crippen LogP) is 0.997. The minimum absolute atomic E-state index is 0.200. The highest BCUT2D eigenvalue weighted by Crippen LogP contribution is 2.29. The van der Waals surface area contributed by atoms with Crippen LogP contribution >= 0.6 is 0 Å².